The zero-order valence-electron chi connectivity index (χ0n) is 19.5. The van der Waals surface area contributed by atoms with Gasteiger partial charge in [0, 0.05) is 23.0 Å². The van der Waals surface area contributed by atoms with E-state index >= 15 is 0 Å². The number of amides is 1. The van der Waals surface area contributed by atoms with Gasteiger partial charge in [0.15, 0.2) is 22.9 Å². The number of nitrogens with zero attached hydrogens (tertiary/aromatic N) is 1. The average Bonchev–Trinajstić information content (AvgIpc) is 3.39. The fourth-order valence-corrected chi connectivity index (χ4v) is 4.42. The summed E-state index contributed by atoms with van der Waals surface area (Å²) in [6, 6.07) is 11.1. The van der Waals surface area contributed by atoms with Crippen LogP contribution in [0.15, 0.2) is 70.9 Å². The number of carbonyl (C=O) groups is 2. The standard InChI is InChI=1S/C27H26ClNO6/c1-4-6-10-29-23(16-8-7-9-19(13-16)34-11-5-2)22(25(31)27(29)32)24(30)20-14-17-12-18(28)15-21(33-3)26(17)35-20/h5,7-9,12-15,23,31H,2,4,6,10-11H2,1,3H3. The molecule has 1 amide bonds. The number of ether oxygens (including phenoxy) is 2. The predicted octanol–water partition coefficient (Wildman–Crippen LogP) is 6.04. The highest BCUT2D eigenvalue weighted by Crippen LogP contribution is 2.41. The summed E-state index contributed by atoms with van der Waals surface area (Å²) in [4.78, 5) is 28.3. The second-order valence-corrected chi connectivity index (χ2v) is 8.59. The van der Waals surface area contributed by atoms with Gasteiger partial charge in [0.05, 0.1) is 18.7 Å². The van der Waals surface area contributed by atoms with E-state index in [0.29, 0.717) is 52.6 Å². The van der Waals surface area contributed by atoms with Crippen LogP contribution >= 0.6 is 11.6 Å². The van der Waals surface area contributed by atoms with Crippen LogP contribution in [-0.2, 0) is 4.79 Å². The molecule has 7 nitrogen and oxygen atoms in total. The van der Waals surface area contributed by atoms with E-state index < -0.39 is 23.5 Å². The quantitative estimate of drug-likeness (QED) is 0.272. The molecule has 0 radical (unpaired) electrons. The number of aliphatic hydroxyl groups is 1. The highest BCUT2D eigenvalue weighted by Gasteiger charge is 2.44. The van der Waals surface area contributed by atoms with Crippen LogP contribution < -0.4 is 9.47 Å². The van der Waals surface area contributed by atoms with Gasteiger partial charge >= 0.3 is 0 Å². The largest absolute Gasteiger partial charge is 0.503 e. The number of hydrogen-bond acceptors (Lipinski definition) is 6. The summed E-state index contributed by atoms with van der Waals surface area (Å²) in [6.45, 7) is 6.35. The zero-order valence-corrected chi connectivity index (χ0v) is 20.3. The Hall–Kier alpha value is -3.71. The third-order valence-corrected chi connectivity index (χ3v) is 6.05. The lowest BCUT2D eigenvalue weighted by Gasteiger charge is -2.26. The normalized spacial score (nSPS) is 15.7. The molecule has 0 fully saturated rings. The van der Waals surface area contributed by atoms with Crippen LogP contribution in [0.1, 0.15) is 41.9 Å². The topological polar surface area (TPSA) is 89.2 Å². The van der Waals surface area contributed by atoms with Crippen molar-refractivity contribution in [3.63, 3.8) is 0 Å². The molecule has 0 bridgehead atoms. The van der Waals surface area contributed by atoms with E-state index in [-0.39, 0.29) is 11.3 Å². The molecular weight excluding hydrogens is 470 g/mol. The van der Waals surface area contributed by atoms with Gasteiger partial charge in [-0.2, -0.15) is 0 Å². The highest BCUT2D eigenvalue weighted by atomic mass is 35.5. The number of methoxy groups -OCH3 is 1. The third kappa shape index (κ3) is 4.64. The van der Waals surface area contributed by atoms with Gasteiger partial charge < -0.3 is 23.9 Å². The summed E-state index contributed by atoms with van der Waals surface area (Å²) in [5, 5.41) is 11.9. The Labute approximate surface area is 208 Å². The molecule has 1 aromatic heterocycles. The first-order chi connectivity index (χ1) is 16.9. The van der Waals surface area contributed by atoms with Crippen LogP contribution in [0.2, 0.25) is 5.02 Å². The van der Waals surface area contributed by atoms with Crippen LogP contribution in [-0.4, -0.2) is 42.0 Å². The van der Waals surface area contributed by atoms with Crippen molar-refractivity contribution in [2.24, 2.45) is 0 Å². The molecule has 0 saturated carbocycles. The number of benzene rings is 2. The lowest BCUT2D eigenvalue weighted by atomic mass is 9.94. The summed E-state index contributed by atoms with van der Waals surface area (Å²) in [5.74, 6) is -0.866. The molecule has 0 spiro atoms. The molecular formula is C27H26ClNO6. The number of furan rings is 1. The molecule has 2 heterocycles. The van der Waals surface area contributed by atoms with Crippen molar-refractivity contribution >= 4 is 34.3 Å². The minimum absolute atomic E-state index is 0.0312. The zero-order chi connectivity index (χ0) is 25.1. The molecule has 1 unspecified atom stereocenters. The van der Waals surface area contributed by atoms with E-state index in [1.165, 1.54) is 18.1 Å². The van der Waals surface area contributed by atoms with Crippen LogP contribution in [0, 0.1) is 0 Å². The van der Waals surface area contributed by atoms with E-state index in [9.17, 15) is 14.7 Å². The number of hydrogen-bond donors (Lipinski definition) is 1. The maximum absolute atomic E-state index is 13.7. The van der Waals surface area contributed by atoms with E-state index in [4.69, 9.17) is 25.5 Å². The minimum Gasteiger partial charge on any atom is -0.503 e. The Morgan fingerprint density at radius 1 is 1.29 bits per heavy atom. The molecule has 1 aliphatic rings. The SMILES string of the molecule is C=CCOc1cccc(C2C(C(=O)c3cc4cc(Cl)cc(OC)c4o3)=C(O)C(=O)N2CCCC)c1. The summed E-state index contributed by atoms with van der Waals surface area (Å²) < 4.78 is 16.8. The number of ketones is 1. The van der Waals surface area contributed by atoms with Gasteiger partial charge in [-0.1, -0.05) is 49.7 Å². The Morgan fingerprint density at radius 2 is 2.09 bits per heavy atom. The van der Waals surface area contributed by atoms with Gasteiger partial charge in [-0.25, -0.2) is 0 Å². The van der Waals surface area contributed by atoms with Crippen molar-refractivity contribution in [1.29, 1.82) is 0 Å². The van der Waals surface area contributed by atoms with Crippen LogP contribution in [0.4, 0.5) is 0 Å². The maximum Gasteiger partial charge on any atom is 0.290 e. The van der Waals surface area contributed by atoms with Crippen molar-refractivity contribution < 1.29 is 28.6 Å². The van der Waals surface area contributed by atoms with Gasteiger partial charge in [0.2, 0.25) is 5.78 Å². The average molecular weight is 496 g/mol. The van der Waals surface area contributed by atoms with Gasteiger partial charge in [-0.15, -0.1) is 0 Å². The molecule has 1 N–H and O–H groups in total. The highest BCUT2D eigenvalue weighted by molar-refractivity contribution is 6.31. The Morgan fingerprint density at radius 3 is 2.80 bits per heavy atom. The van der Waals surface area contributed by atoms with E-state index in [2.05, 4.69) is 6.58 Å². The molecule has 4 rings (SSSR count). The van der Waals surface area contributed by atoms with E-state index in [0.717, 1.165) is 6.42 Å². The number of rotatable bonds is 10. The van der Waals surface area contributed by atoms with Crippen LogP contribution in [0.3, 0.4) is 0 Å². The Balaban J connectivity index is 1.80. The van der Waals surface area contributed by atoms with Crippen LogP contribution in [0.5, 0.6) is 11.5 Å². The fourth-order valence-electron chi connectivity index (χ4n) is 4.20. The van der Waals surface area contributed by atoms with Gasteiger partial charge in [0.1, 0.15) is 12.4 Å². The second-order valence-electron chi connectivity index (χ2n) is 8.16. The van der Waals surface area contributed by atoms with Gasteiger partial charge in [-0.05, 0) is 36.2 Å². The maximum atomic E-state index is 13.7. The van der Waals surface area contributed by atoms with Crippen LogP contribution in [0.25, 0.3) is 11.0 Å². The number of unbranched alkanes of at least 4 members (excludes halogenated alkanes) is 1. The number of Topliss-reactive ketones (excluding diaryl/α,β-unsaturated/α-hetero) is 1. The molecule has 8 heteroatoms. The van der Waals surface area contributed by atoms with E-state index in [1.54, 1.807) is 42.5 Å². The lowest BCUT2D eigenvalue weighted by molar-refractivity contribution is -0.129. The molecule has 35 heavy (non-hydrogen) atoms. The predicted molar refractivity (Wildman–Crippen MR) is 133 cm³/mol. The van der Waals surface area contributed by atoms with Gasteiger partial charge in [0.25, 0.3) is 5.91 Å². The van der Waals surface area contributed by atoms with Crippen molar-refractivity contribution in [1.82, 2.24) is 4.90 Å². The van der Waals surface area contributed by atoms with E-state index in [1.807, 2.05) is 6.92 Å². The smallest absolute Gasteiger partial charge is 0.290 e. The van der Waals surface area contributed by atoms with Crippen molar-refractivity contribution in [2.75, 3.05) is 20.3 Å². The fraction of sp³-hybridized carbons (Fsp3) is 0.259. The first-order valence-corrected chi connectivity index (χ1v) is 11.7. The Kier molecular flexibility index (Phi) is 7.17. The molecule has 182 valence electrons. The monoisotopic (exact) mass is 495 g/mol. The molecule has 1 aliphatic heterocycles. The second kappa shape index (κ2) is 10.3. The third-order valence-electron chi connectivity index (χ3n) is 5.83. The summed E-state index contributed by atoms with van der Waals surface area (Å²) >= 11 is 6.16. The number of carbonyl (C=O) groups excluding carboxylic acids is 2. The molecule has 1 atom stereocenters. The van der Waals surface area contributed by atoms with Crippen molar-refractivity contribution in [3.8, 4) is 11.5 Å². The summed E-state index contributed by atoms with van der Waals surface area (Å²) in [5.41, 5.74) is 0.945. The number of fused-ring (bicyclic) bond motifs is 1. The summed E-state index contributed by atoms with van der Waals surface area (Å²) in [6.07, 6.45) is 3.18. The molecule has 0 saturated heterocycles. The first kappa shape index (κ1) is 24.4. The number of aliphatic hydroxyl groups excluding tert-OH is 1. The molecule has 2 aromatic carbocycles. The van der Waals surface area contributed by atoms with Crippen molar-refractivity contribution in [3.05, 3.63) is 82.8 Å². The molecule has 3 aromatic rings. The summed E-state index contributed by atoms with van der Waals surface area (Å²) in [7, 11) is 1.47. The lowest BCUT2D eigenvalue weighted by Crippen LogP contribution is -2.32. The first-order valence-electron chi connectivity index (χ1n) is 11.3. The van der Waals surface area contributed by atoms with Gasteiger partial charge in [-0.3, -0.25) is 9.59 Å². The number of halogens is 1. The molecule has 0 aliphatic carbocycles. The Bertz CT molecular complexity index is 1320. The van der Waals surface area contributed by atoms with Crippen molar-refractivity contribution in [2.45, 2.75) is 25.8 Å². The minimum atomic E-state index is -0.799.